The Morgan fingerprint density at radius 1 is 1.11 bits per heavy atom. The fourth-order valence-electron chi connectivity index (χ4n) is 2.22. The molecule has 0 unspecified atom stereocenters. The van der Waals surface area contributed by atoms with E-state index in [-0.39, 0.29) is 0 Å². The third kappa shape index (κ3) is 2.81. The molecule has 0 aliphatic carbocycles. The lowest BCUT2D eigenvalue weighted by atomic mass is 9.96. The highest BCUT2D eigenvalue weighted by Gasteiger charge is 2.10. The van der Waals surface area contributed by atoms with E-state index in [9.17, 15) is 4.91 Å². The van der Waals surface area contributed by atoms with Crippen LogP contribution >= 0.6 is 0 Å². The van der Waals surface area contributed by atoms with E-state index in [0.29, 0.717) is 5.69 Å². The number of benzene rings is 2. The van der Waals surface area contributed by atoms with Gasteiger partial charge >= 0.3 is 0 Å². The summed E-state index contributed by atoms with van der Waals surface area (Å²) >= 11 is 0. The molecule has 0 saturated carbocycles. The molecule has 3 heteroatoms. The molecule has 0 amide bonds. The first-order valence-electron chi connectivity index (χ1n) is 6.59. The van der Waals surface area contributed by atoms with Gasteiger partial charge in [0.1, 0.15) is 5.69 Å². The number of hydrogen-bond donors (Lipinski definition) is 1. The van der Waals surface area contributed by atoms with Crippen molar-refractivity contribution in [2.75, 3.05) is 11.9 Å². The van der Waals surface area contributed by atoms with Gasteiger partial charge in [0, 0.05) is 6.54 Å². The van der Waals surface area contributed by atoms with E-state index in [1.54, 1.807) is 0 Å². The molecule has 0 fully saturated rings. The van der Waals surface area contributed by atoms with Crippen LogP contribution in [-0.4, -0.2) is 6.54 Å². The van der Waals surface area contributed by atoms with Gasteiger partial charge < -0.3 is 5.32 Å². The van der Waals surface area contributed by atoms with Crippen molar-refractivity contribution in [3.05, 3.63) is 52.9 Å². The van der Waals surface area contributed by atoms with Gasteiger partial charge in [-0.05, 0) is 47.3 Å². The van der Waals surface area contributed by atoms with Crippen LogP contribution in [0.15, 0.2) is 47.6 Å². The van der Waals surface area contributed by atoms with Crippen molar-refractivity contribution in [1.82, 2.24) is 0 Å². The molecule has 2 aromatic carbocycles. The molecule has 1 N–H and O–H groups in total. The molecule has 0 bridgehead atoms. The number of hydrogen-bond acceptors (Lipinski definition) is 3. The molecular formula is C16H18N2O. The van der Waals surface area contributed by atoms with Crippen LogP contribution in [0.2, 0.25) is 0 Å². The van der Waals surface area contributed by atoms with Crippen molar-refractivity contribution in [2.24, 2.45) is 5.18 Å². The summed E-state index contributed by atoms with van der Waals surface area (Å²) in [6, 6.07) is 14.0. The lowest BCUT2D eigenvalue weighted by Gasteiger charge is -2.13. The first-order chi connectivity index (χ1) is 9.30. The normalized spacial score (nSPS) is 10.2. The lowest BCUT2D eigenvalue weighted by molar-refractivity contribution is 1.13. The molecule has 0 atom stereocenters. The second-order valence-corrected chi connectivity index (χ2v) is 4.37. The van der Waals surface area contributed by atoms with Gasteiger partial charge in [-0.3, -0.25) is 0 Å². The molecule has 2 aromatic rings. The van der Waals surface area contributed by atoms with Crippen molar-refractivity contribution < 1.29 is 0 Å². The Morgan fingerprint density at radius 3 is 2.42 bits per heavy atom. The quantitative estimate of drug-likeness (QED) is 0.782. The van der Waals surface area contributed by atoms with Gasteiger partial charge in [-0.15, -0.1) is 4.91 Å². The predicted molar refractivity (Wildman–Crippen MR) is 80.9 cm³/mol. The monoisotopic (exact) mass is 254 g/mol. The Morgan fingerprint density at radius 2 is 1.84 bits per heavy atom. The summed E-state index contributed by atoms with van der Waals surface area (Å²) in [7, 11) is 0. The molecule has 0 heterocycles. The summed E-state index contributed by atoms with van der Waals surface area (Å²) < 4.78 is 0. The highest BCUT2D eigenvalue weighted by Crippen LogP contribution is 2.34. The fraction of sp³-hybridized carbons (Fsp3) is 0.250. The first-order valence-corrected chi connectivity index (χ1v) is 6.59. The third-order valence-electron chi connectivity index (χ3n) is 3.15. The van der Waals surface area contributed by atoms with Crippen LogP contribution in [0.1, 0.15) is 19.4 Å². The Balaban J connectivity index is 2.57. The van der Waals surface area contributed by atoms with Crippen LogP contribution in [0.25, 0.3) is 11.1 Å². The van der Waals surface area contributed by atoms with Crippen LogP contribution in [0, 0.1) is 4.91 Å². The fourth-order valence-corrected chi connectivity index (χ4v) is 2.22. The minimum absolute atomic E-state index is 0.470. The molecule has 0 spiro atoms. The molecular weight excluding hydrogens is 236 g/mol. The minimum atomic E-state index is 0.470. The summed E-state index contributed by atoms with van der Waals surface area (Å²) in [6.45, 7) is 4.90. The van der Waals surface area contributed by atoms with E-state index >= 15 is 0 Å². The number of nitrogens with zero attached hydrogens (tertiary/aromatic N) is 1. The van der Waals surface area contributed by atoms with Crippen LogP contribution in [0.3, 0.4) is 0 Å². The maximum atomic E-state index is 11.0. The average Bonchev–Trinajstić information content (AvgIpc) is 2.48. The largest absolute Gasteiger partial charge is 0.383 e. The van der Waals surface area contributed by atoms with E-state index in [1.165, 1.54) is 5.56 Å². The highest BCUT2D eigenvalue weighted by atomic mass is 16.3. The molecule has 19 heavy (non-hydrogen) atoms. The Labute approximate surface area is 113 Å². The maximum absolute atomic E-state index is 11.0. The second kappa shape index (κ2) is 6.14. The van der Waals surface area contributed by atoms with Crippen molar-refractivity contribution >= 4 is 11.4 Å². The van der Waals surface area contributed by atoms with Crippen LogP contribution in [0.4, 0.5) is 11.4 Å². The zero-order valence-electron chi connectivity index (χ0n) is 11.3. The number of rotatable bonds is 5. The topological polar surface area (TPSA) is 41.5 Å². The lowest BCUT2D eigenvalue weighted by Crippen LogP contribution is -1.99. The van der Waals surface area contributed by atoms with Crippen molar-refractivity contribution in [3.8, 4) is 11.1 Å². The summed E-state index contributed by atoms with van der Waals surface area (Å²) in [5, 5.41) is 6.32. The van der Waals surface area contributed by atoms with Gasteiger partial charge in [0.25, 0.3) is 0 Å². The van der Waals surface area contributed by atoms with Crippen molar-refractivity contribution in [2.45, 2.75) is 20.3 Å². The van der Waals surface area contributed by atoms with Crippen molar-refractivity contribution in [1.29, 1.82) is 0 Å². The summed E-state index contributed by atoms with van der Waals surface area (Å²) in [5.41, 5.74) is 4.70. The van der Waals surface area contributed by atoms with Gasteiger partial charge in [0.2, 0.25) is 0 Å². The van der Waals surface area contributed by atoms with Gasteiger partial charge in [0.15, 0.2) is 0 Å². The highest BCUT2D eigenvalue weighted by molar-refractivity contribution is 5.78. The van der Waals surface area contributed by atoms with Crippen LogP contribution in [-0.2, 0) is 6.42 Å². The van der Waals surface area contributed by atoms with Gasteiger partial charge in [0.05, 0.1) is 5.69 Å². The summed E-state index contributed by atoms with van der Waals surface area (Å²) in [6.07, 6.45) is 0.918. The standard InChI is InChI=1S/C16H18N2O/c1-3-12-10-15(17-4-2)16(18-19)11-14(12)13-8-6-5-7-9-13/h5-11,17H,3-4H2,1-2H3. The van der Waals surface area contributed by atoms with Gasteiger partial charge in [-0.25, -0.2) is 0 Å². The van der Waals surface area contributed by atoms with E-state index < -0.39 is 0 Å². The molecule has 0 aliphatic heterocycles. The zero-order valence-corrected chi connectivity index (χ0v) is 11.3. The molecule has 2 rings (SSSR count). The molecule has 0 aliphatic rings. The number of nitrogens with one attached hydrogen (secondary N) is 1. The summed E-state index contributed by atoms with van der Waals surface area (Å²) in [5.74, 6) is 0. The van der Waals surface area contributed by atoms with E-state index in [1.807, 2.05) is 37.3 Å². The Hall–Kier alpha value is -2.16. The Bertz CT molecular complexity index is 564. The SMILES string of the molecule is CCNc1cc(CC)c(-c2ccccc2)cc1N=O. The third-order valence-corrected chi connectivity index (χ3v) is 3.15. The van der Waals surface area contributed by atoms with E-state index in [2.05, 4.69) is 29.6 Å². The Kier molecular flexibility index (Phi) is 4.29. The number of aryl methyl sites for hydroxylation is 1. The molecule has 98 valence electrons. The van der Waals surface area contributed by atoms with Crippen LogP contribution < -0.4 is 5.32 Å². The smallest absolute Gasteiger partial charge is 0.131 e. The number of anilines is 1. The molecule has 0 aromatic heterocycles. The minimum Gasteiger partial charge on any atom is -0.383 e. The zero-order chi connectivity index (χ0) is 13.7. The maximum Gasteiger partial charge on any atom is 0.131 e. The predicted octanol–water partition coefficient (Wildman–Crippen LogP) is 4.75. The van der Waals surface area contributed by atoms with E-state index in [4.69, 9.17) is 0 Å². The molecule has 0 saturated heterocycles. The molecule has 3 nitrogen and oxygen atoms in total. The second-order valence-electron chi connectivity index (χ2n) is 4.37. The summed E-state index contributed by atoms with van der Waals surface area (Å²) in [4.78, 5) is 11.0. The van der Waals surface area contributed by atoms with Gasteiger partial charge in [-0.1, -0.05) is 37.3 Å². The first kappa shape index (κ1) is 13.3. The van der Waals surface area contributed by atoms with Gasteiger partial charge in [-0.2, -0.15) is 0 Å². The van der Waals surface area contributed by atoms with Crippen molar-refractivity contribution in [3.63, 3.8) is 0 Å². The average molecular weight is 254 g/mol. The van der Waals surface area contributed by atoms with E-state index in [0.717, 1.165) is 29.8 Å². The molecule has 0 radical (unpaired) electrons. The number of nitroso groups, excluding NO2 is 1. The van der Waals surface area contributed by atoms with Crippen LogP contribution in [0.5, 0.6) is 0 Å².